The third kappa shape index (κ3) is 2.62. The molecule has 0 atom stereocenters. The second kappa shape index (κ2) is 7.28. The topological polar surface area (TPSA) is 137 Å². The van der Waals surface area contributed by atoms with Crippen molar-refractivity contribution in [2.45, 2.75) is 0 Å². The summed E-state index contributed by atoms with van der Waals surface area (Å²) in [5.41, 5.74) is 3.66. The minimum Gasteiger partial charge on any atom is -0.503 e. The number of hydrogen-bond donors (Lipinski definition) is 5. The molecule has 0 spiro atoms. The Morgan fingerprint density at radius 3 is 1.97 bits per heavy atom. The van der Waals surface area contributed by atoms with Gasteiger partial charge in [-0.25, -0.2) is 4.98 Å². The number of nitrogens with zero attached hydrogens (tertiary/aromatic N) is 4. The zero-order valence-electron chi connectivity index (χ0n) is 19.0. The third-order valence-electron chi connectivity index (χ3n) is 6.75. The van der Waals surface area contributed by atoms with Gasteiger partial charge in [-0.2, -0.15) is 0 Å². The molecule has 9 nitrogen and oxygen atoms in total. The molecule has 37 heavy (non-hydrogen) atoms. The Bertz CT molecular complexity index is 2010. The van der Waals surface area contributed by atoms with Crippen molar-refractivity contribution in [1.29, 1.82) is 0 Å². The highest BCUT2D eigenvalue weighted by molar-refractivity contribution is 6.24. The van der Waals surface area contributed by atoms with Crippen molar-refractivity contribution < 1.29 is 25.5 Å². The van der Waals surface area contributed by atoms with Crippen molar-refractivity contribution in [2.75, 3.05) is 0 Å². The molecule has 3 aromatic carbocycles. The zero-order valence-corrected chi connectivity index (χ0v) is 19.0. The van der Waals surface area contributed by atoms with E-state index in [1.807, 2.05) is 59.2 Å². The van der Waals surface area contributed by atoms with E-state index in [0.717, 1.165) is 16.6 Å². The van der Waals surface area contributed by atoms with Gasteiger partial charge in [-0.15, -0.1) is 0 Å². The molecule has 180 valence electrons. The number of phenols is 5. The average molecular weight is 490 g/mol. The summed E-state index contributed by atoms with van der Waals surface area (Å²) in [4.78, 5) is 9.34. The van der Waals surface area contributed by atoms with Crippen LogP contribution in [0.25, 0.3) is 55.2 Å². The maximum absolute atomic E-state index is 10.9. The van der Waals surface area contributed by atoms with Crippen LogP contribution in [0.4, 0.5) is 0 Å². The van der Waals surface area contributed by atoms with E-state index >= 15 is 0 Å². The van der Waals surface area contributed by atoms with Crippen molar-refractivity contribution in [3.63, 3.8) is 0 Å². The maximum Gasteiger partial charge on any atom is 0.208 e. The van der Waals surface area contributed by atoms with E-state index < -0.39 is 28.7 Å². The molecule has 9 heteroatoms. The lowest BCUT2D eigenvalue weighted by atomic mass is 10.1. The lowest BCUT2D eigenvalue weighted by molar-refractivity contribution is 0.327. The summed E-state index contributed by atoms with van der Waals surface area (Å²) in [6.07, 6.45) is 3.30. The Balaban J connectivity index is 1.78. The molecule has 5 N–H and O–H groups in total. The van der Waals surface area contributed by atoms with Gasteiger partial charge in [-0.3, -0.25) is 9.55 Å². The molecule has 0 bridgehead atoms. The number of hydrogen-bond acceptors (Lipinski definition) is 7. The normalized spacial score (nSPS) is 11.8. The number of pyridine rings is 2. The predicted molar refractivity (Wildman–Crippen MR) is 139 cm³/mol. The predicted octanol–water partition coefficient (Wildman–Crippen LogP) is 5.20. The Labute approximate surface area is 208 Å². The molecule has 0 unspecified atom stereocenters. The first-order chi connectivity index (χ1) is 18.0. The van der Waals surface area contributed by atoms with Crippen LogP contribution < -0.4 is 0 Å². The van der Waals surface area contributed by atoms with Crippen LogP contribution >= 0.6 is 0 Å². The molecular weight excluding hydrogens is 472 g/mol. The molecule has 4 aromatic heterocycles. The van der Waals surface area contributed by atoms with E-state index in [1.165, 1.54) is 4.57 Å². The van der Waals surface area contributed by atoms with Gasteiger partial charge in [0.05, 0.1) is 27.5 Å². The van der Waals surface area contributed by atoms with Crippen LogP contribution in [-0.2, 0) is 0 Å². The van der Waals surface area contributed by atoms with Gasteiger partial charge >= 0.3 is 0 Å². The maximum atomic E-state index is 10.9. The van der Waals surface area contributed by atoms with Crippen molar-refractivity contribution in [2.24, 2.45) is 0 Å². The van der Waals surface area contributed by atoms with Gasteiger partial charge in [0.25, 0.3) is 0 Å². The summed E-state index contributed by atoms with van der Waals surface area (Å²) in [6.45, 7) is 0. The van der Waals surface area contributed by atoms with Crippen molar-refractivity contribution in [3.8, 4) is 40.1 Å². The average Bonchev–Trinajstić information content (AvgIpc) is 3.45. The standard InChI is InChI=1S/C28H18N4O5/c33-23-22(24(34)26(36)27(37)25(23)35)32-18-11-6-12-29-20(18)16-13-30-28-19(21(16)32)15-9-4-5-10-17(15)31(28)14-7-2-1-3-8-14/h1-13,33-37H. The molecule has 0 aliphatic carbocycles. The molecule has 0 aliphatic heterocycles. The summed E-state index contributed by atoms with van der Waals surface area (Å²) in [5, 5.41) is 54.7. The number of fused-ring (bicyclic) bond motifs is 7. The molecule has 0 saturated carbocycles. The fourth-order valence-electron chi connectivity index (χ4n) is 5.17. The fraction of sp³-hybridized carbons (Fsp3) is 0. The quantitative estimate of drug-likeness (QED) is 0.166. The summed E-state index contributed by atoms with van der Waals surface area (Å²) < 4.78 is 3.54. The first kappa shape index (κ1) is 20.9. The van der Waals surface area contributed by atoms with Gasteiger partial charge in [-0.05, 0) is 30.3 Å². The molecule has 0 fully saturated rings. The molecule has 0 amide bonds. The molecule has 0 radical (unpaired) electrons. The van der Waals surface area contributed by atoms with Crippen molar-refractivity contribution in [3.05, 3.63) is 79.1 Å². The summed E-state index contributed by atoms with van der Waals surface area (Å²) >= 11 is 0. The Morgan fingerprint density at radius 1 is 0.568 bits per heavy atom. The van der Waals surface area contributed by atoms with Crippen molar-refractivity contribution in [1.82, 2.24) is 19.1 Å². The van der Waals surface area contributed by atoms with Gasteiger partial charge in [0.1, 0.15) is 11.3 Å². The third-order valence-corrected chi connectivity index (χ3v) is 6.75. The highest BCUT2D eigenvalue weighted by Gasteiger charge is 2.29. The van der Waals surface area contributed by atoms with Crippen molar-refractivity contribution >= 4 is 43.9 Å². The first-order valence-electron chi connectivity index (χ1n) is 11.4. The molecule has 0 saturated heterocycles. The van der Waals surface area contributed by atoms with E-state index in [0.29, 0.717) is 33.0 Å². The Kier molecular flexibility index (Phi) is 4.11. The summed E-state index contributed by atoms with van der Waals surface area (Å²) in [5.74, 6) is -4.54. The summed E-state index contributed by atoms with van der Waals surface area (Å²) in [7, 11) is 0. The number of para-hydroxylation sites is 2. The molecular formula is C28H18N4O5. The van der Waals surface area contributed by atoms with Gasteiger partial charge in [0.2, 0.25) is 17.2 Å². The van der Waals surface area contributed by atoms with Gasteiger partial charge in [0.15, 0.2) is 11.5 Å². The highest BCUT2D eigenvalue weighted by atomic mass is 16.4. The smallest absolute Gasteiger partial charge is 0.208 e. The van der Waals surface area contributed by atoms with Crippen LogP contribution in [0, 0.1) is 0 Å². The van der Waals surface area contributed by atoms with Crippen LogP contribution in [0.15, 0.2) is 79.1 Å². The number of aromatic nitrogens is 4. The van der Waals surface area contributed by atoms with E-state index in [4.69, 9.17) is 4.98 Å². The highest BCUT2D eigenvalue weighted by Crippen LogP contribution is 2.54. The second-order valence-corrected chi connectivity index (χ2v) is 8.71. The molecule has 0 aliphatic rings. The lowest BCUT2D eigenvalue weighted by Gasteiger charge is -2.15. The molecule has 7 rings (SSSR count). The largest absolute Gasteiger partial charge is 0.503 e. The first-order valence-corrected chi connectivity index (χ1v) is 11.4. The monoisotopic (exact) mass is 490 g/mol. The number of phenolic OH excluding ortho intramolecular Hbond substituents is 5. The van der Waals surface area contributed by atoms with Crippen LogP contribution in [0.5, 0.6) is 28.7 Å². The number of benzene rings is 3. The van der Waals surface area contributed by atoms with E-state index in [9.17, 15) is 25.5 Å². The van der Waals surface area contributed by atoms with Gasteiger partial charge in [-0.1, -0.05) is 36.4 Å². The van der Waals surface area contributed by atoms with E-state index in [2.05, 4.69) is 4.98 Å². The van der Waals surface area contributed by atoms with E-state index in [1.54, 1.807) is 24.5 Å². The SMILES string of the molecule is Oc1c(O)c(O)c(-n2c3cccnc3c3cnc4c(c5ccccc5n4-c4ccccc4)c32)c(O)c1O. The fourth-order valence-corrected chi connectivity index (χ4v) is 5.17. The van der Waals surface area contributed by atoms with Crippen LogP contribution in [-0.4, -0.2) is 44.6 Å². The number of rotatable bonds is 2. The molecule has 4 heterocycles. The van der Waals surface area contributed by atoms with E-state index in [-0.39, 0.29) is 5.69 Å². The lowest BCUT2D eigenvalue weighted by Crippen LogP contribution is -1.98. The van der Waals surface area contributed by atoms with Gasteiger partial charge in [0, 0.05) is 28.9 Å². The molecule has 7 aromatic rings. The van der Waals surface area contributed by atoms with Gasteiger partial charge < -0.3 is 30.1 Å². The van der Waals surface area contributed by atoms with Crippen LogP contribution in [0.3, 0.4) is 0 Å². The Morgan fingerprint density at radius 2 is 1.22 bits per heavy atom. The Hall–Kier alpha value is -5.44. The second-order valence-electron chi connectivity index (χ2n) is 8.71. The van der Waals surface area contributed by atoms with Crippen LogP contribution in [0.1, 0.15) is 0 Å². The zero-order chi connectivity index (χ0) is 25.4. The minimum absolute atomic E-state index is 0.301. The number of aromatic hydroxyl groups is 5. The summed E-state index contributed by atoms with van der Waals surface area (Å²) in [6, 6.07) is 21.0. The van der Waals surface area contributed by atoms with Crippen LogP contribution in [0.2, 0.25) is 0 Å². The minimum atomic E-state index is -1.02.